The second-order valence-corrected chi connectivity index (χ2v) is 7.03. The number of nitrogens with zero attached hydrogens (tertiary/aromatic N) is 1. The number of carbonyl (C=O) groups excluding carboxylic acids is 1. The quantitative estimate of drug-likeness (QED) is 0.790. The van der Waals surface area contributed by atoms with Crippen LogP contribution >= 0.6 is 15.9 Å². The SMILES string of the molecule is CC(C)C(Br)C(=O)NCC1(N(C)C)CCCCC1. The fourth-order valence-electron chi connectivity index (χ4n) is 2.64. The number of hydrogen-bond donors (Lipinski definition) is 1. The van der Waals surface area contributed by atoms with Crippen LogP contribution in [0.4, 0.5) is 0 Å². The molecule has 1 saturated carbocycles. The number of rotatable bonds is 5. The molecule has 1 aliphatic carbocycles. The third kappa shape index (κ3) is 3.95. The number of alkyl halides is 1. The van der Waals surface area contributed by atoms with Gasteiger partial charge in [-0.15, -0.1) is 0 Å². The summed E-state index contributed by atoms with van der Waals surface area (Å²) in [6.45, 7) is 4.89. The Bertz CT molecular complexity index is 273. The molecule has 1 fully saturated rings. The zero-order chi connectivity index (χ0) is 13.8. The molecule has 1 amide bonds. The van der Waals surface area contributed by atoms with Crippen LogP contribution in [0.15, 0.2) is 0 Å². The lowest BCUT2D eigenvalue weighted by molar-refractivity contribution is -0.121. The predicted molar refractivity (Wildman–Crippen MR) is 80.1 cm³/mol. The molecule has 0 aromatic carbocycles. The van der Waals surface area contributed by atoms with Gasteiger partial charge in [0.1, 0.15) is 0 Å². The highest BCUT2D eigenvalue weighted by Gasteiger charge is 2.35. The number of likely N-dealkylation sites (N-methyl/N-ethyl adjacent to an activating group) is 1. The van der Waals surface area contributed by atoms with Gasteiger partial charge in [-0.1, -0.05) is 49.0 Å². The Labute approximate surface area is 120 Å². The smallest absolute Gasteiger partial charge is 0.234 e. The number of amides is 1. The van der Waals surface area contributed by atoms with Gasteiger partial charge in [-0.2, -0.15) is 0 Å². The maximum absolute atomic E-state index is 12.0. The Morgan fingerprint density at radius 2 is 1.83 bits per heavy atom. The first kappa shape index (κ1) is 16.0. The van der Waals surface area contributed by atoms with Gasteiger partial charge >= 0.3 is 0 Å². The van der Waals surface area contributed by atoms with Crippen molar-refractivity contribution in [3.63, 3.8) is 0 Å². The van der Waals surface area contributed by atoms with Crippen molar-refractivity contribution in [2.24, 2.45) is 5.92 Å². The van der Waals surface area contributed by atoms with Crippen molar-refractivity contribution in [3.05, 3.63) is 0 Å². The van der Waals surface area contributed by atoms with Gasteiger partial charge in [-0.05, 0) is 32.9 Å². The van der Waals surface area contributed by atoms with Gasteiger partial charge in [-0.25, -0.2) is 0 Å². The van der Waals surface area contributed by atoms with Crippen LogP contribution in [0, 0.1) is 5.92 Å². The van der Waals surface area contributed by atoms with E-state index in [4.69, 9.17) is 0 Å². The van der Waals surface area contributed by atoms with Gasteiger partial charge in [0.05, 0.1) is 4.83 Å². The van der Waals surface area contributed by atoms with E-state index in [9.17, 15) is 4.79 Å². The summed E-state index contributed by atoms with van der Waals surface area (Å²) in [6, 6.07) is 0. The third-order valence-electron chi connectivity index (χ3n) is 4.16. The first-order valence-corrected chi connectivity index (χ1v) is 7.90. The Morgan fingerprint density at radius 3 is 2.28 bits per heavy atom. The lowest BCUT2D eigenvalue weighted by Crippen LogP contribution is -2.54. The monoisotopic (exact) mass is 318 g/mol. The van der Waals surface area contributed by atoms with E-state index in [1.165, 1.54) is 32.1 Å². The fraction of sp³-hybridized carbons (Fsp3) is 0.929. The Hall–Kier alpha value is -0.0900. The van der Waals surface area contributed by atoms with E-state index < -0.39 is 0 Å². The third-order valence-corrected chi connectivity index (χ3v) is 5.63. The molecule has 18 heavy (non-hydrogen) atoms. The summed E-state index contributed by atoms with van der Waals surface area (Å²) in [4.78, 5) is 14.2. The van der Waals surface area contributed by atoms with Gasteiger partial charge in [-0.3, -0.25) is 4.79 Å². The fourth-order valence-corrected chi connectivity index (χ4v) is 2.81. The zero-order valence-electron chi connectivity index (χ0n) is 12.1. The molecule has 3 nitrogen and oxygen atoms in total. The summed E-state index contributed by atoms with van der Waals surface area (Å²) < 4.78 is 0. The predicted octanol–water partition coefficient (Wildman–Crippen LogP) is 2.79. The van der Waals surface area contributed by atoms with Crippen LogP contribution in [0.25, 0.3) is 0 Å². The van der Waals surface area contributed by atoms with E-state index in [0.29, 0.717) is 5.92 Å². The van der Waals surface area contributed by atoms with Gasteiger partial charge in [0.2, 0.25) is 5.91 Å². The minimum Gasteiger partial charge on any atom is -0.353 e. The van der Waals surface area contributed by atoms with Crippen molar-refractivity contribution >= 4 is 21.8 Å². The average molecular weight is 319 g/mol. The summed E-state index contributed by atoms with van der Waals surface area (Å²) in [5.41, 5.74) is 0.164. The lowest BCUT2D eigenvalue weighted by Gasteiger charge is -2.43. The van der Waals surface area contributed by atoms with Crippen LogP contribution in [-0.4, -0.2) is 41.8 Å². The standard InChI is InChI=1S/C14H27BrN2O/c1-11(2)12(15)13(18)16-10-14(17(3)4)8-6-5-7-9-14/h11-12H,5-10H2,1-4H3,(H,16,18). The first-order chi connectivity index (χ1) is 8.39. The maximum Gasteiger partial charge on any atom is 0.234 e. The highest BCUT2D eigenvalue weighted by atomic mass is 79.9. The molecule has 0 spiro atoms. The lowest BCUT2D eigenvalue weighted by atomic mass is 9.80. The van der Waals surface area contributed by atoms with E-state index in [0.717, 1.165) is 6.54 Å². The van der Waals surface area contributed by atoms with Crippen molar-refractivity contribution in [2.45, 2.75) is 56.3 Å². The molecule has 1 N–H and O–H groups in total. The number of hydrogen-bond acceptors (Lipinski definition) is 2. The van der Waals surface area contributed by atoms with E-state index in [2.05, 4.69) is 54.1 Å². The average Bonchev–Trinajstić information content (AvgIpc) is 2.35. The molecule has 0 heterocycles. The summed E-state index contributed by atoms with van der Waals surface area (Å²) in [7, 11) is 4.26. The van der Waals surface area contributed by atoms with Gasteiger partial charge in [0.25, 0.3) is 0 Å². The van der Waals surface area contributed by atoms with Gasteiger partial charge in [0, 0.05) is 12.1 Å². The normalized spacial score (nSPS) is 21.1. The molecule has 0 aromatic heterocycles. The topological polar surface area (TPSA) is 32.3 Å². The highest BCUT2D eigenvalue weighted by Crippen LogP contribution is 2.31. The summed E-state index contributed by atoms with van der Waals surface area (Å²) >= 11 is 3.46. The minimum absolute atomic E-state index is 0.0831. The second kappa shape index (κ2) is 6.90. The van der Waals surface area contributed by atoms with Crippen LogP contribution in [0.2, 0.25) is 0 Å². The van der Waals surface area contributed by atoms with Crippen LogP contribution < -0.4 is 5.32 Å². The van der Waals surface area contributed by atoms with Crippen LogP contribution in [0.3, 0.4) is 0 Å². The molecular weight excluding hydrogens is 292 g/mol. The molecule has 1 aliphatic rings. The molecule has 4 heteroatoms. The molecular formula is C14H27BrN2O. The molecule has 0 aliphatic heterocycles. The van der Waals surface area contributed by atoms with Crippen molar-refractivity contribution < 1.29 is 4.79 Å². The molecule has 0 radical (unpaired) electrons. The van der Waals surface area contributed by atoms with Crippen molar-refractivity contribution in [3.8, 4) is 0 Å². The molecule has 0 aromatic rings. The molecule has 1 unspecified atom stereocenters. The number of halogens is 1. The zero-order valence-corrected chi connectivity index (χ0v) is 13.7. The van der Waals surface area contributed by atoms with Gasteiger partial charge in [0.15, 0.2) is 0 Å². The van der Waals surface area contributed by atoms with E-state index in [1.54, 1.807) is 0 Å². The molecule has 1 atom stereocenters. The van der Waals surface area contributed by atoms with Crippen LogP contribution in [-0.2, 0) is 4.79 Å². The van der Waals surface area contributed by atoms with E-state index >= 15 is 0 Å². The van der Waals surface area contributed by atoms with Crippen molar-refractivity contribution in [1.82, 2.24) is 10.2 Å². The largest absolute Gasteiger partial charge is 0.353 e. The van der Waals surface area contributed by atoms with Crippen molar-refractivity contribution in [1.29, 1.82) is 0 Å². The van der Waals surface area contributed by atoms with Crippen LogP contribution in [0.5, 0.6) is 0 Å². The van der Waals surface area contributed by atoms with Gasteiger partial charge < -0.3 is 10.2 Å². The number of nitrogens with one attached hydrogen (secondary N) is 1. The maximum atomic E-state index is 12.0. The Morgan fingerprint density at radius 1 is 1.28 bits per heavy atom. The Kier molecular flexibility index (Phi) is 6.12. The first-order valence-electron chi connectivity index (χ1n) is 6.98. The highest BCUT2D eigenvalue weighted by molar-refractivity contribution is 9.10. The van der Waals surface area contributed by atoms with E-state index in [-0.39, 0.29) is 16.3 Å². The second-order valence-electron chi connectivity index (χ2n) is 6.04. The molecule has 0 saturated heterocycles. The summed E-state index contributed by atoms with van der Waals surface area (Å²) in [5.74, 6) is 0.448. The van der Waals surface area contributed by atoms with E-state index in [1.807, 2.05) is 0 Å². The Balaban J connectivity index is 2.55. The molecule has 1 rings (SSSR count). The summed E-state index contributed by atoms with van der Waals surface area (Å²) in [5, 5.41) is 3.13. The molecule has 106 valence electrons. The minimum atomic E-state index is -0.0831. The summed E-state index contributed by atoms with van der Waals surface area (Å²) in [6.07, 6.45) is 6.26. The van der Waals surface area contributed by atoms with Crippen molar-refractivity contribution in [2.75, 3.05) is 20.6 Å². The number of carbonyl (C=O) groups is 1. The molecule has 0 bridgehead atoms. The van der Waals surface area contributed by atoms with Crippen LogP contribution in [0.1, 0.15) is 46.0 Å².